The zero-order valence-electron chi connectivity index (χ0n) is 50.1. The Morgan fingerprint density at radius 3 is 0.760 bits per heavy atom. The van der Waals surface area contributed by atoms with E-state index in [-0.39, 0.29) is 103 Å². The minimum Gasteiger partial charge on any atom is -0.664 e. The minimum absolute atomic E-state index is 0. The van der Waals surface area contributed by atoms with Crippen molar-refractivity contribution >= 4 is 70.6 Å². The number of aliphatic imine (C=N–C) groups is 3. The van der Waals surface area contributed by atoms with Crippen molar-refractivity contribution in [2.24, 2.45) is 15.0 Å². The van der Waals surface area contributed by atoms with Crippen molar-refractivity contribution in [3.05, 3.63) is 212 Å². The Labute approximate surface area is 579 Å². The van der Waals surface area contributed by atoms with Crippen LogP contribution in [0.5, 0.6) is 0 Å². The quantitative estimate of drug-likeness (QED) is 0.0383. The Morgan fingerprint density at radius 2 is 0.580 bits per heavy atom. The van der Waals surface area contributed by atoms with E-state index < -0.39 is 211 Å². The predicted octanol–water partition coefficient (Wildman–Crippen LogP) is 4.47. The van der Waals surface area contributed by atoms with E-state index in [1.54, 1.807) is 0 Å². The van der Waals surface area contributed by atoms with Gasteiger partial charge in [-0.1, -0.05) is 71.7 Å². The van der Waals surface area contributed by atoms with Crippen LogP contribution in [0.2, 0.25) is 0 Å². The molecule has 15 atom stereocenters. The van der Waals surface area contributed by atoms with Gasteiger partial charge in [-0.3, -0.25) is 15.0 Å². The van der Waals surface area contributed by atoms with Crippen molar-refractivity contribution in [2.75, 3.05) is 19.8 Å². The van der Waals surface area contributed by atoms with Crippen LogP contribution in [0, 0.1) is 69.8 Å². The van der Waals surface area contributed by atoms with E-state index in [1.807, 2.05) is 0 Å². The van der Waals surface area contributed by atoms with Crippen LogP contribution in [0.15, 0.2) is 138 Å². The van der Waals surface area contributed by atoms with Gasteiger partial charge in [0.05, 0.1) is 68.3 Å². The number of hydrogen-bond donors (Lipinski definition) is 12. The summed E-state index contributed by atoms with van der Waals surface area (Å²) in [7, 11) is 0. The number of aliphatic hydroxyl groups is 12. The maximum atomic E-state index is 15.2. The molecule has 6 aromatic rings. The van der Waals surface area contributed by atoms with Gasteiger partial charge in [0.25, 0.3) is 0 Å². The monoisotopic (exact) mass is 1510 g/mol. The summed E-state index contributed by atoms with van der Waals surface area (Å²) in [6, 6.07) is 8.62. The van der Waals surface area contributed by atoms with Crippen molar-refractivity contribution in [2.45, 2.75) is 104 Å². The number of nitrogens with zero attached hydrogens (tertiary/aromatic N) is 6. The molecule has 0 saturated carbocycles. The fourth-order valence-corrected chi connectivity index (χ4v) is 13.9. The molecule has 3 fully saturated rings. The van der Waals surface area contributed by atoms with Crippen molar-refractivity contribution in [3.8, 4) is 0 Å². The van der Waals surface area contributed by atoms with Crippen LogP contribution in [0.4, 0.5) is 52.7 Å². The molecule has 0 bridgehead atoms. The van der Waals surface area contributed by atoms with E-state index in [9.17, 15) is 61.3 Å². The Hall–Kier alpha value is -6.92. The molecule has 0 aliphatic carbocycles. The summed E-state index contributed by atoms with van der Waals surface area (Å²) < 4.78 is 197. The summed E-state index contributed by atoms with van der Waals surface area (Å²) in [6.07, 6.45) is -3.70. The molecule has 6 aliphatic heterocycles. The van der Waals surface area contributed by atoms with Gasteiger partial charge >= 0.3 is 17.1 Å². The third-order valence-electron chi connectivity index (χ3n) is 15.5. The molecule has 37 heteroatoms. The first-order valence-electron chi connectivity index (χ1n) is 28.9. The third-order valence-corrected chi connectivity index (χ3v) is 19.2. The number of benzene rings is 3. The molecule has 12 rings (SSSR count). The van der Waals surface area contributed by atoms with Gasteiger partial charge in [0.1, 0.15) is 89.6 Å². The van der Waals surface area contributed by atoms with Gasteiger partial charge in [0.15, 0.2) is 69.8 Å². The molecule has 6 unspecified atom stereocenters. The number of allylic oxidation sites excluding steroid dienone is 6. The van der Waals surface area contributed by atoms with Crippen LogP contribution < -0.4 is 15.0 Å². The summed E-state index contributed by atoms with van der Waals surface area (Å²) >= 11 is 0.209. The summed E-state index contributed by atoms with van der Waals surface area (Å²) in [5.74, 6) is -20.9. The van der Waals surface area contributed by atoms with Crippen molar-refractivity contribution in [1.29, 1.82) is 0 Å². The molecule has 533 valence electrons. The third kappa shape index (κ3) is 15.1. The number of thioether (sulfide) groups is 3. The Kier molecular flexibility index (Phi) is 25.5. The fraction of sp³-hybridized carbons (Fsp3) is 0.286. The van der Waals surface area contributed by atoms with E-state index in [2.05, 4.69) is 29.9 Å². The standard InChI is InChI=1S/3C21H17F4N2O5S.Fe/c3*22-13-12(11(8-3-1-5-26-8)9-4-2-6-27-9)14(23)16(25)20(15(13)24)33-21-19(31)18(30)17(29)10(7-28)32-21;/h3*1-6,10,17-19,21,28-31H,7H2;/q3*-1;+3/b3*11-8+;/t3*10?,17-,18-,19?,21-;/m000./s1. The van der Waals surface area contributed by atoms with Crippen molar-refractivity contribution < 1.29 is 145 Å². The molecule has 21 nitrogen and oxygen atoms in total. The predicted molar refractivity (Wildman–Crippen MR) is 328 cm³/mol. The Morgan fingerprint density at radius 1 is 0.350 bits per heavy atom. The Bertz CT molecular complexity index is 3710. The maximum Gasteiger partial charge on any atom is 3.00 e. The van der Waals surface area contributed by atoms with Gasteiger partial charge in [-0.15, -0.1) is 17.1 Å². The molecule has 1 radical (unpaired) electrons. The van der Waals surface area contributed by atoms with Gasteiger partial charge in [-0.25, -0.2) is 52.7 Å². The number of hydrogen-bond acceptors (Lipinski definition) is 21. The topological polar surface area (TPSA) is 350 Å². The van der Waals surface area contributed by atoms with Crippen LogP contribution in [-0.4, -0.2) is 189 Å². The molecule has 0 spiro atoms. The second-order valence-corrected chi connectivity index (χ2v) is 24.9. The van der Waals surface area contributed by atoms with Gasteiger partial charge in [-0.2, -0.15) is 18.6 Å². The van der Waals surface area contributed by atoms with Crippen LogP contribution in [0.1, 0.15) is 33.8 Å². The average Bonchev–Trinajstić information content (AvgIpc) is 1.13. The first-order chi connectivity index (χ1) is 47.3. The zero-order valence-corrected chi connectivity index (χ0v) is 53.6. The SMILES string of the molecule is OCC1O[C@@H](Sc2c(F)c(F)c(/C(=C3\C=CC=N3)c3ccc[n-]3)c(F)c2F)C(O)[C@@H](O)[C@H]1O.OCC1O[C@@H](Sc2c(F)c(F)c(/C(=C3\C=CC=N3)c3ccc[n-]3)c(F)c2F)C(O)[C@@H](O)[C@H]1O.OCC1O[C@@H](Sc2c(F)c(F)c(/C(=C3\C=CC=N3)c3ccc[n-]3)c(F)c2F)C(O)[C@@H](O)[C@H]1O.[Fe+3]. The molecule has 12 N–H and O–H groups in total. The van der Waals surface area contributed by atoms with E-state index in [4.69, 9.17) is 14.2 Å². The van der Waals surface area contributed by atoms with Crippen LogP contribution in [-0.2, 0) is 31.3 Å². The second-order valence-electron chi connectivity index (χ2n) is 21.6. The molecule has 3 saturated heterocycles. The van der Waals surface area contributed by atoms with Crippen LogP contribution in [0.3, 0.4) is 0 Å². The van der Waals surface area contributed by atoms with E-state index >= 15 is 52.7 Å². The maximum absolute atomic E-state index is 15.2. The number of aliphatic hydroxyl groups excluding tert-OH is 12. The fourth-order valence-electron chi connectivity index (χ4n) is 10.5. The van der Waals surface area contributed by atoms with Crippen molar-refractivity contribution in [1.82, 2.24) is 15.0 Å². The van der Waals surface area contributed by atoms with E-state index in [0.717, 1.165) is 0 Å². The molecule has 6 aliphatic rings. The number of halogens is 12. The average molecular weight is 1510 g/mol. The number of rotatable bonds is 15. The molecule has 3 aromatic carbocycles. The molecule has 9 heterocycles. The van der Waals surface area contributed by atoms with E-state index in [0.29, 0.717) is 0 Å². The van der Waals surface area contributed by atoms with Gasteiger partial charge in [0.2, 0.25) is 0 Å². The van der Waals surface area contributed by atoms with Crippen LogP contribution >= 0.6 is 35.3 Å². The Balaban J connectivity index is 0.000000174. The van der Waals surface area contributed by atoms with Crippen molar-refractivity contribution in [3.63, 3.8) is 0 Å². The van der Waals surface area contributed by atoms with Crippen LogP contribution in [0.25, 0.3) is 16.7 Å². The summed E-state index contributed by atoms with van der Waals surface area (Å²) in [6.45, 7) is -2.36. The first kappa shape index (κ1) is 77.2. The minimum atomic E-state index is -1.87. The number of ether oxygens (including phenoxy) is 3. The first-order valence-corrected chi connectivity index (χ1v) is 31.5. The molecular weight excluding hydrogens is 1460 g/mol. The van der Waals surface area contributed by atoms with Gasteiger partial charge < -0.3 is 90.4 Å². The zero-order chi connectivity index (χ0) is 71.6. The number of aromatic nitrogens is 3. The second kappa shape index (κ2) is 33.0. The summed E-state index contributed by atoms with van der Waals surface area (Å²) in [4.78, 5) is 20.3. The smallest absolute Gasteiger partial charge is 0.664 e. The van der Waals surface area contributed by atoms with E-state index in [1.165, 1.54) is 110 Å². The largest absolute Gasteiger partial charge is 3.00 e. The summed E-state index contributed by atoms with van der Waals surface area (Å²) in [5, 5.41) is 117. The molecule has 3 aromatic heterocycles. The molecule has 0 amide bonds. The van der Waals surface area contributed by atoms with Gasteiger partial charge in [0, 0.05) is 18.6 Å². The molecular formula is C63H51F12FeN6O15S3. The summed E-state index contributed by atoms with van der Waals surface area (Å²) in [5.41, 5.74) is -8.52. The normalized spacial score (nSPS) is 28.3. The van der Waals surface area contributed by atoms with Gasteiger partial charge in [-0.05, 0) is 53.2 Å². The molecule has 100 heavy (non-hydrogen) atoms.